The van der Waals surface area contributed by atoms with Gasteiger partial charge in [-0.15, -0.1) is 0 Å². The maximum absolute atomic E-state index is 11.7. The van der Waals surface area contributed by atoms with E-state index in [1.54, 1.807) is 27.2 Å². The van der Waals surface area contributed by atoms with E-state index in [2.05, 4.69) is 25.9 Å². The maximum atomic E-state index is 11.7. The first kappa shape index (κ1) is 19.1. The van der Waals surface area contributed by atoms with Gasteiger partial charge in [0, 0.05) is 9.37 Å². The number of esters is 1. The zero-order chi connectivity index (χ0) is 17.5. The molecule has 1 aromatic heterocycles. The van der Waals surface area contributed by atoms with Crippen LogP contribution in [0.3, 0.4) is 0 Å². The van der Waals surface area contributed by atoms with Crippen molar-refractivity contribution in [1.82, 2.24) is 9.97 Å². The number of halogens is 1. The van der Waals surface area contributed by atoms with E-state index in [0.29, 0.717) is 22.5 Å². The third kappa shape index (κ3) is 5.39. The third-order valence-corrected chi connectivity index (χ3v) is 5.32. The molecule has 2 aromatic rings. The Morgan fingerprint density at radius 1 is 1.33 bits per heavy atom. The van der Waals surface area contributed by atoms with Crippen LogP contribution in [0.4, 0.5) is 0 Å². The third-order valence-electron chi connectivity index (χ3n) is 2.85. The second-order valence-electron chi connectivity index (χ2n) is 4.59. The van der Waals surface area contributed by atoms with Crippen LogP contribution in [-0.4, -0.2) is 34.9 Å². The second-order valence-corrected chi connectivity index (χ2v) is 7.88. The van der Waals surface area contributed by atoms with Crippen molar-refractivity contribution in [1.29, 1.82) is 0 Å². The van der Waals surface area contributed by atoms with Gasteiger partial charge in [0.05, 0.1) is 19.9 Å². The predicted molar refractivity (Wildman–Crippen MR) is 98.8 cm³/mol. The predicted octanol–water partition coefficient (Wildman–Crippen LogP) is 4.44. The molecule has 8 heteroatoms. The number of aromatic nitrogens is 2. The molecule has 1 heterocycles. The van der Waals surface area contributed by atoms with Crippen molar-refractivity contribution in [2.24, 2.45) is 0 Å². The lowest BCUT2D eigenvalue weighted by atomic mass is 10.4. The van der Waals surface area contributed by atoms with E-state index in [4.69, 9.17) is 9.47 Å². The zero-order valence-corrected chi connectivity index (χ0v) is 16.7. The van der Waals surface area contributed by atoms with Crippen LogP contribution in [0.2, 0.25) is 0 Å². The fourth-order valence-electron chi connectivity index (χ4n) is 1.69. The molecule has 0 bridgehead atoms. The number of carbonyl (C=O) groups excluding carboxylic acids is 1. The van der Waals surface area contributed by atoms with Crippen molar-refractivity contribution >= 4 is 45.4 Å². The first-order valence-corrected chi connectivity index (χ1v) is 9.70. The van der Waals surface area contributed by atoms with E-state index in [-0.39, 0.29) is 11.2 Å². The summed E-state index contributed by atoms with van der Waals surface area (Å²) in [6.07, 6.45) is 1.62. The Hall–Kier alpha value is -1.25. The minimum Gasteiger partial charge on any atom is -0.492 e. The second kappa shape index (κ2) is 9.29. The van der Waals surface area contributed by atoms with Gasteiger partial charge in [-0.1, -0.05) is 39.5 Å². The van der Waals surface area contributed by atoms with E-state index < -0.39 is 0 Å². The van der Waals surface area contributed by atoms with Crippen LogP contribution in [0.25, 0.3) is 0 Å². The number of thioether (sulfide) groups is 1. The summed E-state index contributed by atoms with van der Waals surface area (Å²) >= 11 is 6.16. The van der Waals surface area contributed by atoms with E-state index >= 15 is 0 Å². The van der Waals surface area contributed by atoms with Gasteiger partial charge in [0.2, 0.25) is 0 Å². The molecule has 0 saturated heterocycles. The molecule has 1 aromatic carbocycles. The van der Waals surface area contributed by atoms with E-state index in [1.807, 2.05) is 24.3 Å². The quantitative estimate of drug-likeness (QED) is 0.279. The largest absolute Gasteiger partial charge is 0.492 e. The number of benzene rings is 1. The summed E-state index contributed by atoms with van der Waals surface area (Å²) in [6, 6.07) is 7.91. The van der Waals surface area contributed by atoms with Crippen molar-refractivity contribution < 1.29 is 14.3 Å². The lowest BCUT2D eigenvalue weighted by Crippen LogP contribution is -2.17. The summed E-state index contributed by atoms with van der Waals surface area (Å²) in [5, 5.41) is 0.841. The van der Waals surface area contributed by atoms with Crippen molar-refractivity contribution in [2.45, 2.75) is 34.2 Å². The molecule has 24 heavy (non-hydrogen) atoms. The van der Waals surface area contributed by atoms with Crippen LogP contribution in [0.5, 0.6) is 5.75 Å². The molecule has 0 aliphatic carbocycles. The van der Waals surface area contributed by atoms with Gasteiger partial charge in [0.15, 0.2) is 10.9 Å². The number of hydrogen-bond donors (Lipinski definition) is 0. The smallest absolute Gasteiger partial charge is 0.319 e. The molecular weight excluding hydrogens is 412 g/mol. The van der Waals surface area contributed by atoms with Gasteiger partial charge >= 0.3 is 5.97 Å². The van der Waals surface area contributed by atoms with Crippen LogP contribution in [0.1, 0.15) is 13.8 Å². The Bertz CT molecular complexity index is 698. The molecule has 2 rings (SSSR count). The molecule has 0 aliphatic rings. The summed E-state index contributed by atoms with van der Waals surface area (Å²) in [4.78, 5) is 21.5. The Labute approximate surface area is 158 Å². The van der Waals surface area contributed by atoms with Crippen molar-refractivity contribution in [3.8, 4) is 5.75 Å². The minimum absolute atomic E-state index is 0.274. The average molecular weight is 429 g/mol. The molecule has 0 saturated carbocycles. The number of carbonyl (C=O) groups is 1. The van der Waals surface area contributed by atoms with Gasteiger partial charge < -0.3 is 9.47 Å². The molecular formula is C16H17BrN2O3S2. The first-order chi connectivity index (χ1) is 11.5. The molecule has 1 unspecified atom stereocenters. The van der Waals surface area contributed by atoms with Gasteiger partial charge in [0.1, 0.15) is 10.3 Å². The highest BCUT2D eigenvalue weighted by atomic mass is 79.9. The maximum Gasteiger partial charge on any atom is 0.319 e. The van der Waals surface area contributed by atoms with Gasteiger partial charge in [-0.2, -0.15) is 0 Å². The molecule has 5 nitrogen and oxygen atoms in total. The van der Waals surface area contributed by atoms with Gasteiger partial charge in [-0.25, -0.2) is 9.97 Å². The summed E-state index contributed by atoms with van der Waals surface area (Å²) in [7, 11) is 1.58. The van der Waals surface area contributed by atoms with Crippen molar-refractivity contribution in [3.05, 3.63) is 34.9 Å². The highest BCUT2D eigenvalue weighted by Crippen LogP contribution is 2.35. The molecule has 0 fully saturated rings. The van der Waals surface area contributed by atoms with Gasteiger partial charge in [-0.05, 0) is 38.1 Å². The lowest BCUT2D eigenvalue weighted by molar-refractivity contribution is -0.142. The molecule has 1 atom stereocenters. The normalized spacial score (nSPS) is 11.8. The Morgan fingerprint density at radius 3 is 2.67 bits per heavy atom. The number of methoxy groups -OCH3 is 1. The Balaban J connectivity index is 2.17. The van der Waals surface area contributed by atoms with Crippen LogP contribution in [-0.2, 0) is 9.53 Å². The molecule has 0 amide bonds. The zero-order valence-electron chi connectivity index (χ0n) is 13.5. The topological polar surface area (TPSA) is 61.3 Å². The number of ether oxygens (including phenoxy) is 2. The number of rotatable bonds is 7. The number of hydrogen-bond acceptors (Lipinski definition) is 7. The van der Waals surface area contributed by atoms with Crippen LogP contribution < -0.4 is 4.74 Å². The van der Waals surface area contributed by atoms with Gasteiger partial charge in [-0.3, -0.25) is 4.79 Å². The number of nitrogens with zero attached hydrogens (tertiary/aromatic N) is 2. The molecule has 0 N–H and O–H groups in total. The monoisotopic (exact) mass is 428 g/mol. The molecule has 0 radical (unpaired) electrons. The molecule has 128 valence electrons. The standard InChI is InChI=1S/C16H17BrN2O3S2/c1-4-22-15(20)10(2)23-16-18-9-13(21-3)14(19-16)24-12-7-5-11(17)6-8-12/h5-10H,4H2,1-3H3. The van der Waals surface area contributed by atoms with Crippen molar-refractivity contribution in [3.63, 3.8) is 0 Å². The summed E-state index contributed by atoms with van der Waals surface area (Å²) in [5.74, 6) is 0.320. The summed E-state index contributed by atoms with van der Waals surface area (Å²) in [6.45, 7) is 3.92. The van der Waals surface area contributed by atoms with E-state index in [1.165, 1.54) is 23.5 Å². The van der Waals surface area contributed by atoms with E-state index in [9.17, 15) is 4.79 Å². The van der Waals surface area contributed by atoms with Crippen LogP contribution >= 0.6 is 39.5 Å². The van der Waals surface area contributed by atoms with E-state index in [0.717, 1.165) is 9.37 Å². The summed E-state index contributed by atoms with van der Waals surface area (Å²) in [5.41, 5.74) is 0. The van der Waals surface area contributed by atoms with Crippen LogP contribution in [0.15, 0.2) is 50.0 Å². The average Bonchev–Trinajstić information content (AvgIpc) is 2.57. The highest BCUT2D eigenvalue weighted by molar-refractivity contribution is 9.10. The first-order valence-electron chi connectivity index (χ1n) is 7.21. The molecule has 0 spiro atoms. The Kier molecular flexibility index (Phi) is 7.39. The lowest BCUT2D eigenvalue weighted by Gasteiger charge is -2.11. The van der Waals surface area contributed by atoms with Crippen molar-refractivity contribution in [2.75, 3.05) is 13.7 Å². The highest BCUT2D eigenvalue weighted by Gasteiger charge is 2.18. The fourth-order valence-corrected chi connectivity index (χ4v) is 3.61. The molecule has 0 aliphatic heterocycles. The van der Waals surface area contributed by atoms with Gasteiger partial charge in [0.25, 0.3) is 0 Å². The fraction of sp³-hybridized carbons (Fsp3) is 0.312. The Morgan fingerprint density at radius 2 is 2.04 bits per heavy atom. The SMILES string of the molecule is CCOC(=O)C(C)Sc1ncc(OC)c(Sc2ccc(Br)cc2)n1. The minimum atomic E-state index is -0.371. The summed E-state index contributed by atoms with van der Waals surface area (Å²) < 4.78 is 11.4. The van der Waals surface area contributed by atoms with Crippen LogP contribution in [0, 0.1) is 0 Å².